The summed E-state index contributed by atoms with van der Waals surface area (Å²) in [4.78, 5) is 17.1. The molecule has 0 bridgehead atoms. The average Bonchev–Trinajstić information content (AvgIpc) is 2.70. The molecule has 1 heterocycles. The van der Waals surface area contributed by atoms with Crippen LogP contribution in [-0.2, 0) is 0 Å². The van der Waals surface area contributed by atoms with Crippen molar-refractivity contribution >= 4 is 28.2 Å². The standard InChI is InChI=1S/C23H25N3O/c1-17-10-11-18(2)22(16-17)25-12-14-26(15-13-25)23(27)24-21-9-5-7-19-6-3-4-8-20(19)21/h3-11,16H,12-15H2,1-2H3,(H,24,27). The molecule has 0 aliphatic carbocycles. The van der Waals surface area contributed by atoms with Gasteiger partial charge in [0.15, 0.2) is 0 Å². The number of nitrogens with zero attached hydrogens (tertiary/aromatic N) is 2. The Morgan fingerprint density at radius 2 is 1.63 bits per heavy atom. The predicted molar refractivity (Wildman–Crippen MR) is 113 cm³/mol. The van der Waals surface area contributed by atoms with Crippen molar-refractivity contribution in [3.05, 3.63) is 71.8 Å². The van der Waals surface area contributed by atoms with E-state index in [0.29, 0.717) is 0 Å². The van der Waals surface area contributed by atoms with Crippen molar-refractivity contribution in [2.75, 3.05) is 36.4 Å². The molecule has 3 aromatic rings. The summed E-state index contributed by atoms with van der Waals surface area (Å²) in [6.07, 6.45) is 0. The lowest BCUT2D eigenvalue weighted by atomic mass is 10.1. The number of anilines is 2. The molecule has 0 unspecified atom stereocenters. The van der Waals surface area contributed by atoms with Crippen LogP contribution >= 0.6 is 0 Å². The first-order chi connectivity index (χ1) is 13.1. The van der Waals surface area contributed by atoms with Crippen molar-refractivity contribution in [3.63, 3.8) is 0 Å². The Bertz CT molecular complexity index is 969. The number of nitrogens with one attached hydrogen (secondary N) is 1. The third-order valence-corrected chi connectivity index (χ3v) is 5.30. The molecule has 2 amide bonds. The first kappa shape index (κ1) is 17.4. The van der Waals surface area contributed by atoms with Gasteiger partial charge in [0.2, 0.25) is 0 Å². The van der Waals surface area contributed by atoms with Crippen LogP contribution in [0.25, 0.3) is 10.8 Å². The Labute approximate surface area is 160 Å². The molecule has 0 atom stereocenters. The monoisotopic (exact) mass is 359 g/mol. The summed E-state index contributed by atoms with van der Waals surface area (Å²) in [5.74, 6) is 0. The van der Waals surface area contributed by atoms with Gasteiger partial charge in [-0.3, -0.25) is 0 Å². The van der Waals surface area contributed by atoms with Crippen LogP contribution in [0.3, 0.4) is 0 Å². The van der Waals surface area contributed by atoms with Gasteiger partial charge in [-0.15, -0.1) is 0 Å². The summed E-state index contributed by atoms with van der Waals surface area (Å²) >= 11 is 0. The molecule has 1 aliphatic rings. The number of benzene rings is 3. The fourth-order valence-corrected chi connectivity index (χ4v) is 3.74. The Kier molecular flexibility index (Phi) is 4.71. The zero-order valence-electron chi connectivity index (χ0n) is 15.9. The van der Waals surface area contributed by atoms with Crippen LogP contribution in [0.5, 0.6) is 0 Å². The maximum Gasteiger partial charge on any atom is 0.321 e. The quantitative estimate of drug-likeness (QED) is 0.713. The molecule has 1 fully saturated rings. The van der Waals surface area contributed by atoms with Gasteiger partial charge in [0.05, 0.1) is 5.69 Å². The zero-order chi connectivity index (χ0) is 18.8. The Hall–Kier alpha value is -3.01. The summed E-state index contributed by atoms with van der Waals surface area (Å²) < 4.78 is 0. The molecule has 1 aliphatic heterocycles. The van der Waals surface area contributed by atoms with E-state index in [-0.39, 0.29) is 6.03 Å². The van der Waals surface area contributed by atoms with Crippen molar-refractivity contribution in [1.29, 1.82) is 0 Å². The topological polar surface area (TPSA) is 35.6 Å². The highest BCUT2D eigenvalue weighted by atomic mass is 16.2. The van der Waals surface area contributed by atoms with E-state index in [1.165, 1.54) is 16.8 Å². The minimum Gasteiger partial charge on any atom is -0.368 e. The van der Waals surface area contributed by atoms with Gasteiger partial charge in [-0.1, -0.05) is 48.5 Å². The van der Waals surface area contributed by atoms with Gasteiger partial charge in [-0.2, -0.15) is 0 Å². The second kappa shape index (κ2) is 7.31. The lowest BCUT2D eigenvalue weighted by Gasteiger charge is -2.37. The Morgan fingerprint density at radius 3 is 2.44 bits per heavy atom. The van der Waals surface area contributed by atoms with Crippen LogP contribution in [0, 0.1) is 13.8 Å². The van der Waals surface area contributed by atoms with E-state index >= 15 is 0 Å². The number of amides is 2. The summed E-state index contributed by atoms with van der Waals surface area (Å²) in [6, 6.07) is 20.7. The highest BCUT2D eigenvalue weighted by molar-refractivity contribution is 6.01. The first-order valence-electron chi connectivity index (χ1n) is 9.48. The number of rotatable bonds is 2. The number of hydrogen-bond donors (Lipinski definition) is 1. The molecule has 1 N–H and O–H groups in total. The Morgan fingerprint density at radius 1 is 0.889 bits per heavy atom. The van der Waals surface area contributed by atoms with E-state index in [1.54, 1.807) is 0 Å². The number of aryl methyl sites for hydroxylation is 2. The predicted octanol–water partition coefficient (Wildman–Crippen LogP) is 4.81. The van der Waals surface area contributed by atoms with Crippen LogP contribution in [-0.4, -0.2) is 37.1 Å². The van der Waals surface area contributed by atoms with Crippen molar-refractivity contribution in [3.8, 4) is 0 Å². The van der Waals surface area contributed by atoms with Crippen LogP contribution in [0.15, 0.2) is 60.7 Å². The molecule has 4 heteroatoms. The molecule has 0 radical (unpaired) electrons. The normalized spacial score (nSPS) is 14.4. The zero-order valence-corrected chi connectivity index (χ0v) is 15.9. The summed E-state index contributed by atoms with van der Waals surface area (Å²) in [5.41, 5.74) is 4.71. The summed E-state index contributed by atoms with van der Waals surface area (Å²) in [7, 11) is 0. The van der Waals surface area contributed by atoms with Crippen molar-refractivity contribution in [2.45, 2.75) is 13.8 Å². The molecular weight excluding hydrogens is 334 g/mol. The molecule has 4 nitrogen and oxygen atoms in total. The van der Waals surface area contributed by atoms with E-state index in [0.717, 1.165) is 42.6 Å². The van der Waals surface area contributed by atoms with Gasteiger partial charge in [-0.25, -0.2) is 4.79 Å². The van der Waals surface area contributed by atoms with Crippen molar-refractivity contribution in [1.82, 2.24) is 4.90 Å². The van der Waals surface area contributed by atoms with Gasteiger partial charge in [0.25, 0.3) is 0 Å². The van der Waals surface area contributed by atoms with Crippen LogP contribution in [0.4, 0.5) is 16.2 Å². The minimum atomic E-state index is -0.0213. The fourth-order valence-electron chi connectivity index (χ4n) is 3.74. The lowest BCUT2D eigenvalue weighted by Crippen LogP contribution is -2.50. The summed E-state index contributed by atoms with van der Waals surface area (Å²) in [6.45, 7) is 7.43. The van der Waals surface area contributed by atoms with Crippen LogP contribution in [0.1, 0.15) is 11.1 Å². The van der Waals surface area contributed by atoms with E-state index in [2.05, 4.69) is 54.4 Å². The van der Waals surface area contributed by atoms with Crippen LogP contribution in [0.2, 0.25) is 0 Å². The van der Waals surface area contributed by atoms with E-state index in [4.69, 9.17) is 0 Å². The van der Waals surface area contributed by atoms with E-state index < -0.39 is 0 Å². The molecule has 27 heavy (non-hydrogen) atoms. The third-order valence-electron chi connectivity index (χ3n) is 5.30. The molecule has 4 rings (SSSR count). The molecule has 3 aromatic carbocycles. The second-order valence-corrected chi connectivity index (χ2v) is 7.22. The fraction of sp³-hybridized carbons (Fsp3) is 0.261. The summed E-state index contributed by atoms with van der Waals surface area (Å²) in [5, 5.41) is 5.30. The smallest absolute Gasteiger partial charge is 0.321 e. The van der Waals surface area contributed by atoms with Crippen molar-refractivity contribution < 1.29 is 4.79 Å². The van der Waals surface area contributed by atoms with E-state index in [9.17, 15) is 4.79 Å². The number of urea groups is 1. The first-order valence-corrected chi connectivity index (χ1v) is 9.48. The maximum atomic E-state index is 12.8. The van der Waals surface area contributed by atoms with Crippen LogP contribution < -0.4 is 10.2 Å². The minimum absolute atomic E-state index is 0.0213. The van der Waals surface area contributed by atoms with E-state index in [1.807, 2.05) is 35.2 Å². The number of hydrogen-bond acceptors (Lipinski definition) is 2. The van der Waals surface area contributed by atoms with Gasteiger partial charge < -0.3 is 15.1 Å². The lowest BCUT2D eigenvalue weighted by molar-refractivity contribution is 0.208. The molecule has 0 aromatic heterocycles. The third kappa shape index (κ3) is 3.61. The maximum absolute atomic E-state index is 12.8. The number of carbonyl (C=O) groups excluding carboxylic acids is 1. The number of carbonyl (C=O) groups is 1. The number of fused-ring (bicyclic) bond motifs is 1. The van der Waals surface area contributed by atoms with Gasteiger partial charge >= 0.3 is 6.03 Å². The molecule has 0 spiro atoms. The molecule has 1 saturated heterocycles. The molecule has 138 valence electrons. The van der Waals surface area contributed by atoms with Crippen molar-refractivity contribution in [2.24, 2.45) is 0 Å². The Balaban J connectivity index is 1.43. The highest BCUT2D eigenvalue weighted by Gasteiger charge is 2.22. The SMILES string of the molecule is Cc1ccc(C)c(N2CCN(C(=O)Nc3cccc4ccccc34)CC2)c1. The average molecular weight is 359 g/mol. The molecule has 0 saturated carbocycles. The van der Waals surface area contributed by atoms with Gasteiger partial charge in [-0.05, 0) is 42.5 Å². The van der Waals surface area contributed by atoms with Gasteiger partial charge in [0.1, 0.15) is 0 Å². The number of piperazine rings is 1. The second-order valence-electron chi connectivity index (χ2n) is 7.22. The highest BCUT2D eigenvalue weighted by Crippen LogP contribution is 2.25. The largest absolute Gasteiger partial charge is 0.368 e. The van der Waals surface area contributed by atoms with Gasteiger partial charge in [0, 0.05) is 37.3 Å². The molecular formula is C23H25N3O.